The van der Waals surface area contributed by atoms with Gasteiger partial charge in [0.1, 0.15) is 0 Å². The summed E-state index contributed by atoms with van der Waals surface area (Å²) in [6.07, 6.45) is 9.82. The van der Waals surface area contributed by atoms with Gasteiger partial charge in [0.25, 0.3) is 0 Å². The van der Waals surface area contributed by atoms with Gasteiger partial charge in [-0.05, 0) is 44.2 Å². The number of nitrogens with one attached hydrogen (secondary N) is 1. The van der Waals surface area contributed by atoms with E-state index in [-0.39, 0.29) is 0 Å². The zero-order valence-electron chi connectivity index (χ0n) is 11.1. The van der Waals surface area contributed by atoms with Crippen LogP contribution < -0.4 is 5.32 Å². The SMILES string of the molecule is CCNCC1CCCCCC1CCCOC. The van der Waals surface area contributed by atoms with E-state index in [9.17, 15) is 0 Å². The van der Waals surface area contributed by atoms with Crippen molar-refractivity contribution in [2.45, 2.75) is 51.9 Å². The molecule has 1 N–H and O–H groups in total. The normalized spacial score (nSPS) is 26.6. The third kappa shape index (κ3) is 5.31. The first-order valence-electron chi connectivity index (χ1n) is 7.08. The molecule has 96 valence electrons. The molecule has 0 radical (unpaired) electrons. The molecule has 1 rings (SSSR count). The van der Waals surface area contributed by atoms with Crippen LogP contribution in [-0.4, -0.2) is 26.8 Å². The van der Waals surface area contributed by atoms with Crippen LogP contribution in [0, 0.1) is 11.8 Å². The lowest BCUT2D eigenvalue weighted by molar-refractivity contribution is 0.176. The van der Waals surface area contributed by atoms with Gasteiger partial charge in [-0.15, -0.1) is 0 Å². The molecule has 16 heavy (non-hydrogen) atoms. The van der Waals surface area contributed by atoms with Gasteiger partial charge in [0, 0.05) is 13.7 Å². The van der Waals surface area contributed by atoms with Gasteiger partial charge < -0.3 is 10.1 Å². The Balaban J connectivity index is 2.32. The summed E-state index contributed by atoms with van der Waals surface area (Å²) in [6, 6.07) is 0. The Morgan fingerprint density at radius 2 is 1.88 bits per heavy atom. The molecule has 1 fully saturated rings. The fraction of sp³-hybridized carbons (Fsp3) is 1.00. The monoisotopic (exact) mass is 227 g/mol. The van der Waals surface area contributed by atoms with Crippen LogP contribution in [-0.2, 0) is 4.74 Å². The summed E-state index contributed by atoms with van der Waals surface area (Å²) in [5, 5.41) is 3.53. The van der Waals surface area contributed by atoms with Crippen molar-refractivity contribution in [1.82, 2.24) is 5.32 Å². The summed E-state index contributed by atoms with van der Waals surface area (Å²) in [6.45, 7) is 5.48. The fourth-order valence-corrected chi connectivity index (χ4v) is 2.93. The van der Waals surface area contributed by atoms with Crippen LogP contribution in [0.1, 0.15) is 51.9 Å². The fourth-order valence-electron chi connectivity index (χ4n) is 2.93. The first kappa shape index (κ1) is 14.0. The van der Waals surface area contributed by atoms with Crippen molar-refractivity contribution in [2.75, 3.05) is 26.8 Å². The van der Waals surface area contributed by atoms with E-state index in [0.29, 0.717) is 0 Å². The van der Waals surface area contributed by atoms with Gasteiger partial charge in [0.2, 0.25) is 0 Å². The Kier molecular flexibility index (Phi) is 7.87. The largest absolute Gasteiger partial charge is 0.385 e. The highest BCUT2D eigenvalue weighted by Gasteiger charge is 2.22. The Morgan fingerprint density at radius 1 is 1.12 bits per heavy atom. The molecule has 2 unspecified atom stereocenters. The van der Waals surface area contributed by atoms with E-state index in [2.05, 4.69) is 12.2 Å². The van der Waals surface area contributed by atoms with Gasteiger partial charge >= 0.3 is 0 Å². The first-order valence-corrected chi connectivity index (χ1v) is 7.08. The number of hydrogen-bond donors (Lipinski definition) is 1. The lowest BCUT2D eigenvalue weighted by atomic mass is 9.84. The standard InChI is InChI=1S/C14H29NO/c1-3-15-12-14-9-6-4-5-8-13(14)10-7-11-16-2/h13-15H,3-12H2,1-2H3. The third-order valence-electron chi connectivity index (χ3n) is 3.90. The molecule has 2 nitrogen and oxygen atoms in total. The molecule has 0 aliphatic heterocycles. The van der Waals surface area contributed by atoms with Crippen LogP contribution in [0.4, 0.5) is 0 Å². The maximum Gasteiger partial charge on any atom is 0.0462 e. The maximum atomic E-state index is 5.16. The van der Waals surface area contributed by atoms with E-state index in [1.165, 1.54) is 51.5 Å². The maximum absolute atomic E-state index is 5.16. The number of hydrogen-bond acceptors (Lipinski definition) is 2. The topological polar surface area (TPSA) is 21.3 Å². The van der Waals surface area contributed by atoms with Crippen LogP contribution in [0.25, 0.3) is 0 Å². The van der Waals surface area contributed by atoms with E-state index in [4.69, 9.17) is 4.74 Å². The molecule has 0 heterocycles. The molecule has 1 saturated carbocycles. The van der Waals surface area contributed by atoms with Gasteiger partial charge in [-0.2, -0.15) is 0 Å². The Hall–Kier alpha value is -0.0800. The molecule has 2 atom stereocenters. The van der Waals surface area contributed by atoms with Crippen molar-refractivity contribution in [3.63, 3.8) is 0 Å². The van der Waals surface area contributed by atoms with Crippen molar-refractivity contribution < 1.29 is 4.74 Å². The predicted octanol–water partition coefficient (Wildman–Crippen LogP) is 3.22. The summed E-state index contributed by atoms with van der Waals surface area (Å²) in [7, 11) is 1.81. The second-order valence-corrected chi connectivity index (χ2v) is 5.10. The molecule has 0 bridgehead atoms. The third-order valence-corrected chi connectivity index (χ3v) is 3.90. The number of rotatable bonds is 7. The Bertz CT molecular complexity index is 161. The molecular weight excluding hydrogens is 198 g/mol. The molecule has 0 aromatic heterocycles. The minimum atomic E-state index is 0.916. The summed E-state index contributed by atoms with van der Waals surface area (Å²) in [4.78, 5) is 0. The summed E-state index contributed by atoms with van der Waals surface area (Å²) < 4.78 is 5.16. The first-order chi connectivity index (χ1) is 7.88. The van der Waals surface area contributed by atoms with E-state index < -0.39 is 0 Å². The highest BCUT2D eigenvalue weighted by atomic mass is 16.5. The summed E-state index contributed by atoms with van der Waals surface area (Å²) in [5.41, 5.74) is 0. The van der Waals surface area contributed by atoms with Crippen LogP contribution in [0.3, 0.4) is 0 Å². The van der Waals surface area contributed by atoms with Crippen LogP contribution in [0.2, 0.25) is 0 Å². The molecule has 1 aliphatic rings. The second-order valence-electron chi connectivity index (χ2n) is 5.10. The minimum Gasteiger partial charge on any atom is -0.385 e. The zero-order valence-corrected chi connectivity index (χ0v) is 11.1. The quantitative estimate of drug-likeness (QED) is 0.532. The average Bonchev–Trinajstić information content (AvgIpc) is 2.52. The van der Waals surface area contributed by atoms with Gasteiger partial charge in [-0.1, -0.05) is 32.6 Å². The van der Waals surface area contributed by atoms with E-state index in [1.807, 2.05) is 7.11 Å². The lowest BCUT2D eigenvalue weighted by Crippen LogP contribution is -2.27. The van der Waals surface area contributed by atoms with Gasteiger partial charge in [-0.25, -0.2) is 0 Å². The van der Waals surface area contributed by atoms with Crippen LogP contribution in [0.5, 0.6) is 0 Å². The van der Waals surface area contributed by atoms with E-state index >= 15 is 0 Å². The predicted molar refractivity (Wildman–Crippen MR) is 69.7 cm³/mol. The molecule has 2 heteroatoms. The van der Waals surface area contributed by atoms with Gasteiger partial charge in [-0.3, -0.25) is 0 Å². The average molecular weight is 227 g/mol. The molecule has 0 aromatic rings. The highest BCUT2D eigenvalue weighted by Crippen LogP contribution is 2.31. The van der Waals surface area contributed by atoms with Crippen molar-refractivity contribution >= 4 is 0 Å². The van der Waals surface area contributed by atoms with Gasteiger partial charge in [0.15, 0.2) is 0 Å². The van der Waals surface area contributed by atoms with E-state index in [0.717, 1.165) is 25.0 Å². The van der Waals surface area contributed by atoms with Crippen molar-refractivity contribution in [1.29, 1.82) is 0 Å². The van der Waals surface area contributed by atoms with Crippen molar-refractivity contribution in [2.24, 2.45) is 11.8 Å². The molecule has 0 saturated heterocycles. The van der Waals surface area contributed by atoms with Gasteiger partial charge in [0.05, 0.1) is 0 Å². The lowest BCUT2D eigenvalue weighted by Gasteiger charge is -2.25. The van der Waals surface area contributed by atoms with E-state index in [1.54, 1.807) is 0 Å². The zero-order chi connectivity index (χ0) is 11.6. The van der Waals surface area contributed by atoms with Crippen molar-refractivity contribution in [3.05, 3.63) is 0 Å². The molecular formula is C14H29NO. The smallest absolute Gasteiger partial charge is 0.0462 e. The van der Waals surface area contributed by atoms with Crippen molar-refractivity contribution in [3.8, 4) is 0 Å². The Morgan fingerprint density at radius 3 is 2.56 bits per heavy atom. The molecule has 0 spiro atoms. The highest BCUT2D eigenvalue weighted by molar-refractivity contribution is 4.75. The van der Waals surface area contributed by atoms with Crippen LogP contribution in [0.15, 0.2) is 0 Å². The van der Waals surface area contributed by atoms with Crippen LogP contribution >= 0.6 is 0 Å². The molecule has 0 amide bonds. The number of ether oxygens (including phenoxy) is 1. The minimum absolute atomic E-state index is 0.916. The number of methoxy groups -OCH3 is 1. The second kappa shape index (κ2) is 9.00. The molecule has 1 aliphatic carbocycles. The summed E-state index contributed by atoms with van der Waals surface area (Å²) in [5.74, 6) is 1.86. The summed E-state index contributed by atoms with van der Waals surface area (Å²) >= 11 is 0. The Labute approximate surface area is 101 Å². The molecule has 0 aromatic carbocycles.